The molecule has 0 aliphatic carbocycles. The zero-order valence-corrected chi connectivity index (χ0v) is 21.1. The number of aryl methyl sites for hydroxylation is 2. The smallest absolute Gasteiger partial charge is 0.193 e. The first-order valence-corrected chi connectivity index (χ1v) is 12.6. The summed E-state index contributed by atoms with van der Waals surface area (Å²) in [6.07, 6.45) is 7.98. The van der Waals surface area contributed by atoms with Crippen LogP contribution >= 0.6 is 0 Å². The van der Waals surface area contributed by atoms with Crippen molar-refractivity contribution < 1.29 is 0 Å². The predicted molar refractivity (Wildman–Crippen MR) is 145 cm³/mol. The number of hydrogen-bond acceptors (Lipinski definition) is 6. The maximum absolute atomic E-state index is 13.5. The van der Waals surface area contributed by atoms with Crippen LogP contribution in [0.1, 0.15) is 35.4 Å². The first-order valence-electron chi connectivity index (χ1n) is 12.6. The van der Waals surface area contributed by atoms with Crippen molar-refractivity contribution in [1.29, 1.82) is 0 Å². The summed E-state index contributed by atoms with van der Waals surface area (Å²) < 4.78 is 2.07. The second-order valence-corrected chi connectivity index (χ2v) is 9.78. The van der Waals surface area contributed by atoms with Gasteiger partial charge in [-0.3, -0.25) is 19.7 Å². The molecule has 2 N–H and O–H groups in total. The number of pyridine rings is 3. The second kappa shape index (κ2) is 10.6. The Balaban J connectivity index is 1.46. The van der Waals surface area contributed by atoms with E-state index >= 15 is 0 Å². The Morgan fingerprint density at radius 3 is 2.75 bits per heavy atom. The fraction of sp³-hybridized carbons (Fsp3) is 0.345. The molecule has 0 saturated carbocycles. The number of rotatable bonds is 7. The highest BCUT2D eigenvalue weighted by molar-refractivity contribution is 5.79. The molecule has 1 aliphatic heterocycles. The van der Waals surface area contributed by atoms with E-state index < -0.39 is 0 Å². The number of piperidine rings is 1. The van der Waals surface area contributed by atoms with Gasteiger partial charge in [-0.1, -0.05) is 12.1 Å². The van der Waals surface area contributed by atoms with Gasteiger partial charge in [-0.2, -0.15) is 0 Å². The van der Waals surface area contributed by atoms with Crippen LogP contribution in [0.5, 0.6) is 0 Å². The molecule has 3 aromatic heterocycles. The van der Waals surface area contributed by atoms with Gasteiger partial charge in [0.25, 0.3) is 0 Å². The highest BCUT2D eigenvalue weighted by Gasteiger charge is 2.27. The monoisotopic (exact) mass is 482 g/mol. The van der Waals surface area contributed by atoms with Crippen LogP contribution in [-0.2, 0) is 26.7 Å². The lowest BCUT2D eigenvalue weighted by Gasteiger charge is -2.40. The van der Waals surface area contributed by atoms with E-state index in [9.17, 15) is 4.79 Å². The van der Waals surface area contributed by atoms with Gasteiger partial charge < -0.3 is 15.2 Å². The van der Waals surface area contributed by atoms with Crippen molar-refractivity contribution in [2.75, 3.05) is 18.0 Å². The van der Waals surface area contributed by atoms with Crippen LogP contribution in [0.2, 0.25) is 0 Å². The second-order valence-electron chi connectivity index (χ2n) is 9.78. The average molecular weight is 483 g/mol. The van der Waals surface area contributed by atoms with Crippen molar-refractivity contribution >= 4 is 16.6 Å². The first kappa shape index (κ1) is 24.2. The molecule has 1 fully saturated rings. The molecular weight excluding hydrogens is 448 g/mol. The summed E-state index contributed by atoms with van der Waals surface area (Å²) in [6, 6.07) is 16.5. The van der Waals surface area contributed by atoms with E-state index in [-0.39, 0.29) is 5.43 Å². The highest BCUT2D eigenvalue weighted by Crippen LogP contribution is 2.25. The van der Waals surface area contributed by atoms with Crippen molar-refractivity contribution in [3.63, 3.8) is 0 Å². The van der Waals surface area contributed by atoms with Crippen molar-refractivity contribution in [3.8, 4) is 0 Å². The average Bonchev–Trinajstić information content (AvgIpc) is 2.91. The highest BCUT2D eigenvalue weighted by atomic mass is 16.1. The zero-order valence-electron chi connectivity index (χ0n) is 21.1. The molecule has 7 heteroatoms. The summed E-state index contributed by atoms with van der Waals surface area (Å²) in [5.74, 6) is 0. The van der Waals surface area contributed by atoms with Crippen LogP contribution in [0.4, 0.5) is 5.69 Å². The van der Waals surface area contributed by atoms with E-state index in [4.69, 9.17) is 5.73 Å². The van der Waals surface area contributed by atoms with Crippen molar-refractivity contribution in [2.45, 2.75) is 45.4 Å². The summed E-state index contributed by atoms with van der Waals surface area (Å²) in [5, 5.41) is 0.772. The quantitative estimate of drug-likeness (QED) is 0.432. The third kappa shape index (κ3) is 5.17. The molecular formula is C29H34N6O. The minimum Gasteiger partial charge on any atom is -0.369 e. The Morgan fingerprint density at radius 2 is 1.97 bits per heavy atom. The molecule has 186 valence electrons. The third-order valence-electron chi connectivity index (χ3n) is 7.19. The molecule has 0 unspecified atom stereocenters. The summed E-state index contributed by atoms with van der Waals surface area (Å²) in [5.41, 5.74) is 11.9. The Bertz CT molecular complexity index is 1400. The topological polar surface area (TPSA) is 80.3 Å². The minimum absolute atomic E-state index is 0.119. The number of nitrogens with zero attached hydrogens (tertiary/aromatic N) is 5. The molecule has 0 bridgehead atoms. The van der Waals surface area contributed by atoms with E-state index in [1.165, 1.54) is 5.56 Å². The predicted octanol–water partition coefficient (Wildman–Crippen LogP) is 3.77. The fourth-order valence-corrected chi connectivity index (χ4v) is 5.30. The van der Waals surface area contributed by atoms with Crippen LogP contribution in [0.3, 0.4) is 0 Å². The number of hydrogen-bond donors (Lipinski definition) is 1. The number of anilines is 1. The Labute approximate surface area is 212 Å². The Hall–Kier alpha value is -3.55. The third-order valence-corrected chi connectivity index (χ3v) is 7.19. The molecule has 0 amide bonds. The normalized spacial score (nSPS) is 16.1. The van der Waals surface area contributed by atoms with Gasteiger partial charge in [-0.05, 0) is 61.7 Å². The van der Waals surface area contributed by atoms with Gasteiger partial charge in [0.15, 0.2) is 5.43 Å². The molecule has 1 atom stereocenters. The Morgan fingerprint density at radius 1 is 1.11 bits per heavy atom. The minimum atomic E-state index is 0.119. The van der Waals surface area contributed by atoms with Gasteiger partial charge in [0.2, 0.25) is 0 Å². The first-order chi connectivity index (χ1) is 17.5. The van der Waals surface area contributed by atoms with Gasteiger partial charge in [0, 0.05) is 74.9 Å². The number of fused-ring (bicyclic) bond motifs is 1. The number of para-hydroxylation sites is 1. The van der Waals surface area contributed by atoms with E-state index in [0.717, 1.165) is 66.0 Å². The molecule has 1 aliphatic rings. The largest absolute Gasteiger partial charge is 0.369 e. The molecule has 0 radical (unpaired) electrons. The van der Waals surface area contributed by atoms with Crippen LogP contribution < -0.4 is 16.1 Å². The number of aromatic nitrogens is 3. The van der Waals surface area contributed by atoms with E-state index in [1.54, 1.807) is 0 Å². The van der Waals surface area contributed by atoms with Crippen LogP contribution in [0.15, 0.2) is 71.9 Å². The van der Waals surface area contributed by atoms with Crippen LogP contribution in [0, 0.1) is 6.92 Å². The lowest BCUT2D eigenvalue weighted by atomic mass is 10.0. The van der Waals surface area contributed by atoms with E-state index in [1.807, 2.05) is 62.9 Å². The lowest BCUT2D eigenvalue weighted by molar-refractivity contribution is 0.158. The maximum atomic E-state index is 13.5. The van der Waals surface area contributed by atoms with Gasteiger partial charge in [0.1, 0.15) is 0 Å². The van der Waals surface area contributed by atoms with Gasteiger partial charge >= 0.3 is 0 Å². The van der Waals surface area contributed by atoms with Gasteiger partial charge in [-0.15, -0.1) is 0 Å². The summed E-state index contributed by atoms with van der Waals surface area (Å²) in [7, 11) is 2.02. The molecule has 1 aromatic carbocycles. The molecule has 7 nitrogen and oxygen atoms in total. The molecule has 4 aromatic rings. The van der Waals surface area contributed by atoms with Crippen LogP contribution in [-0.4, -0.2) is 38.6 Å². The van der Waals surface area contributed by atoms with E-state index in [0.29, 0.717) is 19.1 Å². The number of benzene rings is 1. The summed E-state index contributed by atoms with van der Waals surface area (Å²) in [6.45, 7) is 5.72. The standard InChI is InChI=1S/C29H34N6O/c1-21-14-22(11-12-31-21)17-35(19-23-18-33(2)28-8-4-3-7-27(28)29(23)36)26-6-5-13-34(20-26)25-10-9-24(15-30)32-16-25/h3-4,7-12,14,16,18,26H,5-6,13,15,17,19-20,30H2,1-2H3/t26-/m0/s1. The van der Waals surface area contributed by atoms with Crippen molar-refractivity contribution in [3.05, 3.63) is 99.9 Å². The summed E-state index contributed by atoms with van der Waals surface area (Å²) >= 11 is 0. The molecule has 1 saturated heterocycles. The maximum Gasteiger partial charge on any atom is 0.193 e. The van der Waals surface area contributed by atoms with Gasteiger partial charge in [0.05, 0.1) is 23.1 Å². The van der Waals surface area contributed by atoms with Crippen molar-refractivity contribution in [2.24, 2.45) is 12.8 Å². The lowest BCUT2D eigenvalue weighted by Crippen LogP contribution is -2.48. The molecule has 5 rings (SSSR count). The molecule has 4 heterocycles. The fourth-order valence-electron chi connectivity index (χ4n) is 5.30. The van der Waals surface area contributed by atoms with Crippen molar-refractivity contribution in [1.82, 2.24) is 19.4 Å². The van der Waals surface area contributed by atoms with Gasteiger partial charge in [-0.25, -0.2) is 0 Å². The van der Waals surface area contributed by atoms with Crippen LogP contribution in [0.25, 0.3) is 10.9 Å². The number of nitrogens with two attached hydrogens (primary N) is 1. The molecule has 0 spiro atoms. The Kier molecular flexibility index (Phi) is 7.11. The summed E-state index contributed by atoms with van der Waals surface area (Å²) in [4.78, 5) is 27.2. The van der Waals surface area contributed by atoms with E-state index in [2.05, 4.69) is 42.5 Å². The zero-order chi connectivity index (χ0) is 25.1. The molecule has 36 heavy (non-hydrogen) atoms. The SMILES string of the molecule is Cc1cc(CN(Cc2cn(C)c3ccccc3c2=O)[C@H]2CCCN(c3ccc(CN)nc3)C2)ccn1.